The second-order valence-corrected chi connectivity index (χ2v) is 5.15. The summed E-state index contributed by atoms with van der Waals surface area (Å²) in [5, 5.41) is 8.95. The van der Waals surface area contributed by atoms with Crippen LogP contribution in [0.15, 0.2) is 0 Å². The highest BCUT2D eigenvalue weighted by molar-refractivity contribution is 5.87. The Labute approximate surface area is 93.7 Å². The summed E-state index contributed by atoms with van der Waals surface area (Å²) >= 11 is 0. The zero-order valence-corrected chi connectivity index (χ0v) is 10.5. The lowest BCUT2D eigenvalue weighted by atomic mass is 9.81. The zero-order chi connectivity index (χ0) is 11.9. The molecule has 0 aromatic rings. The standard InChI is InChI=1S/C13H23NO/c1-5-6-7-8-9-11(10-14)12(15)13(2,3)4/h11H,5-9H2,1-4H3. The van der Waals surface area contributed by atoms with Crippen LogP contribution in [-0.2, 0) is 4.79 Å². The van der Waals surface area contributed by atoms with Gasteiger partial charge in [-0.1, -0.05) is 53.4 Å². The quantitative estimate of drug-likeness (QED) is 0.626. The van der Waals surface area contributed by atoms with Crippen LogP contribution in [0.3, 0.4) is 0 Å². The molecule has 0 fully saturated rings. The van der Waals surface area contributed by atoms with Gasteiger partial charge in [-0.05, 0) is 6.42 Å². The second-order valence-electron chi connectivity index (χ2n) is 5.15. The van der Waals surface area contributed by atoms with Gasteiger partial charge in [0.25, 0.3) is 0 Å². The minimum Gasteiger partial charge on any atom is -0.298 e. The minimum absolute atomic E-state index is 0.0847. The average Bonchev–Trinajstić information content (AvgIpc) is 2.16. The van der Waals surface area contributed by atoms with Gasteiger partial charge < -0.3 is 0 Å². The van der Waals surface area contributed by atoms with E-state index in [4.69, 9.17) is 5.26 Å². The number of hydrogen-bond acceptors (Lipinski definition) is 2. The fourth-order valence-electron chi connectivity index (χ4n) is 1.55. The molecule has 0 aliphatic heterocycles. The van der Waals surface area contributed by atoms with Crippen LogP contribution in [0.5, 0.6) is 0 Å². The van der Waals surface area contributed by atoms with Gasteiger partial charge in [0.15, 0.2) is 5.78 Å². The number of rotatable bonds is 6. The molecule has 1 unspecified atom stereocenters. The van der Waals surface area contributed by atoms with Gasteiger partial charge in [0.05, 0.1) is 6.07 Å². The third-order valence-corrected chi connectivity index (χ3v) is 2.56. The van der Waals surface area contributed by atoms with E-state index in [1.54, 1.807) is 0 Å². The maximum atomic E-state index is 11.8. The lowest BCUT2D eigenvalue weighted by Crippen LogP contribution is -2.27. The molecule has 1 atom stereocenters. The van der Waals surface area contributed by atoms with Crippen LogP contribution >= 0.6 is 0 Å². The van der Waals surface area contributed by atoms with Crippen molar-refractivity contribution in [3.8, 4) is 6.07 Å². The number of Topliss-reactive ketones (excluding diaryl/α,β-unsaturated/α-hetero) is 1. The predicted octanol–water partition coefficient (Wildman–Crippen LogP) is 3.71. The third kappa shape index (κ3) is 5.57. The van der Waals surface area contributed by atoms with E-state index in [0.717, 1.165) is 19.3 Å². The van der Waals surface area contributed by atoms with Gasteiger partial charge >= 0.3 is 0 Å². The van der Waals surface area contributed by atoms with Crippen molar-refractivity contribution < 1.29 is 4.79 Å². The van der Waals surface area contributed by atoms with Gasteiger partial charge in [0.1, 0.15) is 5.92 Å². The van der Waals surface area contributed by atoms with E-state index >= 15 is 0 Å². The van der Waals surface area contributed by atoms with Gasteiger partial charge in [-0.3, -0.25) is 4.79 Å². The summed E-state index contributed by atoms with van der Waals surface area (Å²) in [4.78, 5) is 11.8. The molecule has 2 nitrogen and oxygen atoms in total. The molecule has 0 amide bonds. The molecule has 0 aliphatic rings. The van der Waals surface area contributed by atoms with E-state index in [-0.39, 0.29) is 11.2 Å². The summed E-state index contributed by atoms with van der Waals surface area (Å²) in [5.41, 5.74) is -0.384. The molecule has 0 radical (unpaired) electrons. The van der Waals surface area contributed by atoms with E-state index in [1.165, 1.54) is 12.8 Å². The number of carbonyl (C=O) groups excluding carboxylic acids is 1. The highest BCUT2D eigenvalue weighted by Crippen LogP contribution is 2.23. The van der Waals surface area contributed by atoms with Crippen LogP contribution in [-0.4, -0.2) is 5.78 Å². The first-order chi connectivity index (χ1) is 6.93. The van der Waals surface area contributed by atoms with Crippen molar-refractivity contribution in [2.75, 3.05) is 0 Å². The molecule has 0 saturated carbocycles. The molecule has 0 rings (SSSR count). The van der Waals surface area contributed by atoms with Crippen LogP contribution in [0.2, 0.25) is 0 Å². The molecular formula is C13H23NO. The molecule has 0 aromatic heterocycles. The molecule has 2 heteroatoms. The largest absolute Gasteiger partial charge is 0.298 e. The van der Waals surface area contributed by atoms with Crippen molar-refractivity contribution >= 4 is 5.78 Å². The van der Waals surface area contributed by atoms with Crippen LogP contribution in [0, 0.1) is 22.7 Å². The molecule has 0 bridgehead atoms. The van der Waals surface area contributed by atoms with Crippen LogP contribution < -0.4 is 0 Å². The number of ketones is 1. The summed E-state index contributed by atoms with van der Waals surface area (Å²) in [6, 6.07) is 2.14. The van der Waals surface area contributed by atoms with E-state index in [1.807, 2.05) is 20.8 Å². The van der Waals surface area contributed by atoms with E-state index in [2.05, 4.69) is 13.0 Å². The second kappa shape index (κ2) is 6.61. The summed E-state index contributed by atoms with van der Waals surface area (Å²) in [5.74, 6) is -0.316. The summed E-state index contributed by atoms with van der Waals surface area (Å²) in [6.45, 7) is 7.80. The Kier molecular flexibility index (Phi) is 6.24. The molecule has 0 heterocycles. The van der Waals surface area contributed by atoms with Crippen molar-refractivity contribution in [2.24, 2.45) is 11.3 Å². The molecule has 0 saturated heterocycles. The fourth-order valence-corrected chi connectivity index (χ4v) is 1.55. The first-order valence-electron chi connectivity index (χ1n) is 5.87. The van der Waals surface area contributed by atoms with Gasteiger partial charge in [-0.15, -0.1) is 0 Å². The smallest absolute Gasteiger partial charge is 0.155 e. The lowest BCUT2D eigenvalue weighted by Gasteiger charge is -2.19. The maximum Gasteiger partial charge on any atom is 0.155 e. The number of hydrogen-bond donors (Lipinski definition) is 0. The Hall–Kier alpha value is -0.840. The highest BCUT2D eigenvalue weighted by Gasteiger charge is 2.28. The summed E-state index contributed by atoms with van der Waals surface area (Å²) in [6.07, 6.45) is 5.24. The maximum absolute atomic E-state index is 11.8. The van der Waals surface area contributed by atoms with Crippen molar-refractivity contribution in [1.82, 2.24) is 0 Å². The van der Waals surface area contributed by atoms with Crippen molar-refractivity contribution in [1.29, 1.82) is 5.26 Å². The van der Waals surface area contributed by atoms with Gasteiger partial charge in [-0.25, -0.2) is 0 Å². The monoisotopic (exact) mass is 209 g/mol. The number of carbonyl (C=O) groups is 1. The molecule has 0 N–H and O–H groups in total. The SMILES string of the molecule is CCCCCCC(C#N)C(=O)C(C)(C)C. The Balaban J connectivity index is 4.05. The number of unbranched alkanes of at least 4 members (excludes halogenated alkanes) is 3. The fraction of sp³-hybridized carbons (Fsp3) is 0.846. The Morgan fingerprint density at radius 1 is 1.27 bits per heavy atom. The van der Waals surface area contributed by atoms with Gasteiger partial charge in [0, 0.05) is 5.41 Å². The molecule has 0 aromatic carbocycles. The van der Waals surface area contributed by atoms with Crippen molar-refractivity contribution in [3.63, 3.8) is 0 Å². The Morgan fingerprint density at radius 3 is 2.27 bits per heavy atom. The van der Waals surface area contributed by atoms with Crippen molar-refractivity contribution in [2.45, 2.75) is 59.8 Å². The molecule has 86 valence electrons. The van der Waals surface area contributed by atoms with Gasteiger partial charge in [0.2, 0.25) is 0 Å². The zero-order valence-electron chi connectivity index (χ0n) is 10.5. The molecule has 0 spiro atoms. The topological polar surface area (TPSA) is 40.9 Å². The van der Waals surface area contributed by atoms with Crippen molar-refractivity contribution in [3.05, 3.63) is 0 Å². The van der Waals surface area contributed by atoms with Crippen LogP contribution in [0.25, 0.3) is 0 Å². The summed E-state index contributed by atoms with van der Waals surface area (Å²) in [7, 11) is 0. The van der Waals surface area contributed by atoms with E-state index in [9.17, 15) is 4.79 Å². The van der Waals surface area contributed by atoms with E-state index < -0.39 is 5.92 Å². The Bertz CT molecular complexity index is 232. The number of nitrogens with zero attached hydrogens (tertiary/aromatic N) is 1. The van der Waals surface area contributed by atoms with Crippen LogP contribution in [0.1, 0.15) is 59.8 Å². The summed E-state index contributed by atoms with van der Waals surface area (Å²) < 4.78 is 0. The predicted molar refractivity (Wildman–Crippen MR) is 62.3 cm³/mol. The van der Waals surface area contributed by atoms with E-state index in [0.29, 0.717) is 0 Å². The number of nitriles is 1. The lowest BCUT2D eigenvalue weighted by molar-refractivity contribution is -0.128. The first-order valence-corrected chi connectivity index (χ1v) is 5.87. The first kappa shape index (κ1) is 14.2. The normalized spacial score (nSPS) is 13.3. The highest BCUT2D eigenvalue weighted by atomic mass is 16.1. The molecular weight excluding hydrogens is 186 g/mol. The Morgan fingerprint density at radius 2 is 1.87 bits per heavy atom. The molecule has 0 aliphatic carbocycles. The third-order valence-electron chi connectivity index (χ3n) is 2.56. The average molecular weight is 209 g/mol. The van der Waals surface area contributed by atoms with Crippen LogP contribution in [0.4, 0.5) is 0 Å². The van der Waals surface area contributed by atoms with Gasteiger partial charge in [-0.2, -0.15) is 5.26 Å². The minimum atomic E-state index is -0.401. The molecule has 15 heavy (non-hydrogen) atoms.